The molecule has 288 valence electrons. The summed E-state index contributed by atoms with van der Waals surface area (Å²) in [5.41, 5.74) is 21.5. The number of aliphatic imine (C=N–C) groups is 1. The van der Waals surface area contributed by atoms with Crippen LogP contribution in [-0.2, 0) is 38.4 Å². The number of nitrogens with two attached hydrogens (primary N) is 4. The third-order valence-corrected chi connectivity index (χ3v) is 7.90. The zero-order valence-corrected chi connectivity index (χ0v) is 29.3. The second-order valence-corrected chi connectivity index (χ2v) is 12.8. The van der Waals surface area contributed by atoms with Crippen LogP contribution >= 0.6 is 0 Å². The number of guanidine groups is 1. The van der Waals surface area contributed by atoms with E-state index < -0.39 is 115 Å². The second-order valence-electron chi connectivity index (χ2n) is 12.8. The fraction of sp³-hybridized carbons (Fsp3) is 0.700. The van der Waals surface area contributed by atoms with E-state index in [1.807, 2.05) is 0 Å². The molecule has 0 radical (unpaired) electrons. The summed E-state index contributed by atoms with van der Waals surface area (Å²) in [5, 5.41) is 31.0. The summed E-state index contributed by atoms with van der Waals surface area (Å²) in [6.45, 7) is 5.44. The van der Waals surface area contributed by atoms with Gasteiger partial charge in [-0.25, -0.2) is 4.79 Å². The molecule has 0 aliphatic carbocycles. The topological polar surface area (TPSA) is 357 Å². The molecule has 7 amide bonds. The molecule has 21 heteroatoms. The van der Waals surface area contributed by atoms with E-state index >= 15 is 0 Å². The maximum absolute atomic E-state index is 13.3. The Hall–Kier alpha value is -5.05. The molecular formula is C30H53N11O10. The quantitative estimate of drug-likeness (QED) is 0.0299. The number of nitrogens with zero attached hydrogens (tertiary/aromatic N) is 2. The number of aliphatic hydroxyl groups excluding tert-OH is 1. The van der Waals surface area contributed by atoms with Crippen LogP contribution in [0.25, 0.3) is 0 Å². The van der Waals surface area contributed by atoms with E-state index in [4.69, 9.17) is 22.9 Å². The molecular weight excluding hydrogens is 674 g/mol. The maximum Gasteiger partial charge on any atom is 0.326 e. The smallest absolute Gasteiger partial charge is 0.326 e. The highest BCUT2D eigenvalue weighted by molar-refractivity contribution is 5.97. The average molecular weight is 728 g/mol. The number of aliphatic carboxylic acids is 1. The van der Waals surface area contributed by atoms with Crippen molar-refractivity contribution in [3.63, 3.8) is 0 Å². The van der Waals surface area contributed by atoms with E-state index in [2.05, 4.69) is 31.6 Å². The number of rotatable bonds is 21. The molecule has 0 aromatic heterocycles. The number of primary amides is 1. The highest BCUT2D eigenvalue weighted by Crippen LogP contribution is 2.20. The van der Waals surface area contributed by atoms with Gasteiger partial charge in [0.15, 0.2) is 5.96 Å². The first-order valence-electron chi connectivity index (χ1n) is 16.5. The van der Waals surface area contributed by atoms with Gasteiger partial charge in [-0.2, -0.15) is 0 Å². The maximum atomic E-state index is 13.3. The lowest BCUT2D eigenvalue weighted by atomic mass is 9.99. The fourth-order valence-corrected chi connectivity index (χ4v) is 5.08. The van der Waals surface area contributed by atoms with Crippen molar-refractivity contribution in [3.8, 4) is 0 Å². The Bertz CT molecular complexity index is 1310. The van der Waals surface area contributed by atoms with Gasteiger partial charge >= 0.3 is 5.97 Å². The number of carbonyl (C=O) groups excluding carboxylic acids is 7. The molecule has 0 aromatic carbocycles. The SMILES string of the molecule is CC(C)[C@H](NC(=O)CNC(=O)[C@H](CC(N)=O)NC(=O)[C@H](CO)NC(=O)[C@@H](N)CCCN=C(N)N)C(=O)N[C@H](C(=O)N1CCC[C@H]1C(=O)O)C(C)C. The summed E-state index contributed by atoms with van der Waals surface area (Å²) < 4.78 is 0. The monoisotopic (exact) mass is 727 g/mol. The number of aliphatic hydroxyl groups is 1. The van der Waals surface area contributed by atoms with Crippen LogP contribution in [0.15, 0.2) is 4.99 Å². The zero-order chi connectivity index (χ0) is 39.0. The summed E-state index contributed by atoms with van der Waals surface area (Å²) in [7, 11) is 0. The molecule has 1 heterocycles. The normalized spacial score (nSPS) is 16.9. The van der Waals surface area contributed by atoms with Crippen molar-refractivity contribution in [2.75, 3.05) is 26.2 Å². The number of carboxylic acids is 1. The van der Waals surface area contributed by atoms with Gasteiger partial charge in [0.1, 0.15) is 30.2 Å². The van der Waals surface area contributed by atoms with Crippen molar-refractivity contribution in [1.82, 2.24) is 31.5 Å². The number of nitrogens with one attached hydrogen (secondary N) is 5. The van der Waals surface area contributed by atoms with Crippen LogP contribution in [0.1, 0.15) is 59.8 Å². The molecule has 1 rings (SSSR count). The first-order chi connectivity index (χ1) is 23.8. The standard InChI is InChI=1S/C30H53N11O10/c1-14(2)22(27(48)40-23(15(3)4)28(49)41-10-6-8-19(41)29(50)51)39-21(44)12-36-25(46)17(11-20(32)43)37-26(47)18(13-42)38-24(45)16(31)7-5-9-35-30(33)34/h14-19,22-23,42H,5-13,31H2,1-4H3,(H2,32,43)(H,36,46)(H,37,47)(H,38,45)(H,39,44)(H,40,48)(H,50,51)(H4,33,34,35)/t16-,17-,18-,19-,22-,23-/m0/s1. The van der Waals surface area contributed by atoms with E-state index in [0.717, 1.165) is 0 Å². The Morgan fingerprint density at radius 1 is 0.824 bits per heavy atom. The van der Waals surface area contributed by atoms with Crippen LogP contribution in [-0.4, -0.2) is 131 Å². The predicted molar refractivity (Wildman–Crippen MR) is 182 cm³/mol. The molecule has 0 unspecified atom stereocenters. The van der Waals surface area contributed by atoms with E-state index in [-0.39, 0.29) is 31.9 Å². The Labute approximate surface area is 295 Å². The highest BCUT2D eigenvalue weighted by atomic mass is 16.4. The largest absolute Gasteiger partial charge is 0.480 e. The molecule has 0 aromatic rings. The summed E-state index contributed by atoms with van der Waals surface area (Å²) >= 11 is 0. The Morgan fingerprint density at radius 2 is 1.43 bits per heavy atom. The van der Waals surface area contributed by atoms with Crippen molar-refractivity contribution >= 4 is 53.3 Å². The number of carboxylic acid groups (broad SMARTS) is 1. The van der Waals surface area contributed by atoms with E-state index in [1.54, 1.807) is 27.7 Å². The molecule has 0 bridgehead atoms. The van der Waals surface area contributed by atoms with E-state index in [0.29, 0.717) is 12.8 Å². The van der Waals surface area contributed by atoms with Gasteiger partial charge in [-0.1, -0.05) is 27.7 Å². The molecule has 1 aliphatic rings. The summed E-state index contributed by atoms with van der Waals surface area (Å²) in [6.07, 6.45) is 0.553. The van der Waals surface area contributed by atoms with Gasteiger partial charge in [0.2, 0.25) is 41.4 Å². The zero-order valence-electron chi connectivity index (χ0n) is 29.3. The van der Waals surface area contributed by atoms with Crippen molar-refractivity contribution in [2.45, 2.75) is 96.1 Å². The average Bonchev–Trinajstić information content (AvgIpc) is 3.55. The van der Waals surface area contributed by atoms with Gasteiger partial charge in [0.25, 0.3) is 0 Å². The molecule has 1 aliphatic heterocycles. The Balaban J connectivity index is 2.87. The van der Waals surface area contributed by atoms with Gasteiger partial charge in [-0.15, -0.1) is 0 Å². The summed E-state index contributed by atoms with van der Waals surface area (Å²) in [5.74, 6) is -8.18. The highest BCUT2D eigenvalue weighted by Gasteiger charge is 2.39. The lowest BCUT2D eigenvalue weighted by Crippen LogP contribution is -2.59. The lowest BCUT2D eigenvalue weighted by molar-refractivity contribution is -0.150. The third-order valence-electron chi connectivity index (χ3n) is 7.90. The van der Waals surface area contributed by atoms with Gasteiger partial charge in [0, 0.05) is 13.1 Å². The van der Waals surface area contributed by atoms with E-state index in [9.17, 15) is 48.6 Å². The summed E-state index contributed by atoms with van der Waals surface area (Å²) in [4.78, 5) is 106. The third kappa shape index (κ3) is 14.8. The molecule has 0 spiro atoms. The number of amides is 7. The molecule has 1 fully saturated rings. The van der Waals surface area contributed by atoms with Crippen molar-refractivity contribution in [2.24, 2.45) is 39.8 Å². The molecule has 51 heavy (non-hydrogen) atoms. The van der Waals surface area contributed by atoms with Gasteiger partial charge in [0.05, 0.1) is 25.6 Å². The van der Waals surface area contributed by atoms with Crippen LogP contribution in [0.4, 0.5) is 0 Å². The number of hydrogen-bond donors (Lipinski definition) is 11. The lowest BCUT2D eigenvalue weighted by Gasteiger charge is -2.31. The van der Waals surface area contributed by atoms with Crippen LogP contribution in [0.5, 0.6) is 0 Å². The van der Waals surface area contributed by atoms with Crippen LogP contribution in [0, 0.1) is 11.8 Å². The van der Waals surface area contributed by atoms with Crippen molar-refractivity contribution in [1.29, 1.82) is 0 Å². The first kappa shape index (κ1) is 44.0. The van der Waals surface area contributed by atoms with E-state index in [1.165, 1.54) is 4.90 Å². The molecule has 0 saturated carbocycles. The van der Waals surface area contributed by atoms with Gasteiger partial charge < -0.3 is 64.6 Å². The summed E-state index contributed by atoms with van der Waals surface area (Å²) in [6, 6.07) is -7.54. The van der Waals surface area contributed by atoms with Crippen molar-refractivity contribution in [3.05, 3.63) is 0 Å². The predicted octanol–water partition coefficient (Wildman–Crippen LogP) is -5.32. The first-order valence-corrected chi connectivity index (χ1v) is 16.5. The fourth-order valence-electron chi connectivity index (χ4n) is 5.08. The van der Waals surface area contributed by atoms with Gasteiger partial charge in [-0.3, -0.25) is 38.6 Å². The molecule has 21 nitrogen and oxygen atoms in total. The second kappa shape index (κ2) is 21.2. The minimum atomic E-state index is -1.62. The minimum absolute atomic E-state index is 0.135. The Morgan fingerprint density at radius 3 is 1.96 bits per heavy atom. The molecule has 6 atom stereocenters. The Kier molecular flexibility index (Phi) is 18.3. The molecule has 15 N–H and O–H groups in total. The number of carbonyl (C=O) groups is 8. The molecule has 1 saturated heterocycles. The number of likely N-dealkylation sites (tertiary alicyclic amines) is 1. The van der Waals surface area contributed by atoms with Crippen LogP contribution in [0.2, 0.25) is 0 Å². The number of hydrogen-bond acceptors (Lipinski definition) is 11. The van der Waals surface area contributed by atoms with Crippen LogP contribution in [0.3, 0.4) is 0 Å². The van der Waals surface area contributed by atoms with Crippen LogP contribution < -0.4 is 49.5 Å². The van der Waals surface area contributed by atoms with Crippen molar-refractivity contribution < 1.29 is 48.6 Å². The minimum Gasteiger partial charge on any atom is -0.480 e. The van der Waals surface area contributed by atoms with Gasteiger partial charge in [-0.05, 0) is 37.5 Å².